The van der Waals surface area contributed by atoms with Crippen molar-refractivity contribution in [2.75, 3.05) is 12.3 Å². The van der Waals surface area contributed by atoms with Gasteiger partial charge in [0.25, 0.3) is 5.91 Å². The summed E-state index contributed by atoms with van der Waals surface area (Å²) in [6.45, 7) is 0.789. The highest BCUT2D eigenvalue weighted by molar-refractivity contribution is 7.16. The largest absolute Gasteiger partial charge is 0.384 e. The number of nitrogens with one attached hydrogen (secondary N) is 1. The number of carbonyl (C=O) groups is 1. The van der Waals surface area contributed by atoms with Gasteiger partial charge >= 0.3 is 0 Å². The van der Waals surface area contributed by atoms with Crippen molar-refractivity contribution in [2.24, 2.45) is 0 Å². The smallest absolute Gasteiger partial charge is 0.252 e. The monoisotopic (exact) mass is 313 g/mol. The first kappa shape index (κ1) is 13.8. The predicted octanol–water partition coefficient (Wildman–Crippen LogP) is 3.34. The minimum absolute atomic E-state index is 0.0655. The molecule has 0 aromatic carbocycles. The summed E-state index contributed by atoms with van der Waals surface area (Å²) in [4.78, 5) is 18.7. The molecule has 1 spiro atoms. The number of nitrogens with two attached hydrogens (primary N) is 1. The van der Waals surface area contributed by atoms with Gasteiger partial charge in [0.2, 0.25) is 0 Å². The molecule has 5 heteroatoms. The molecule has 22 heavy (non-hydrogen) atoms. The third-order valence-electron chi connectivity index (χ3n) is 4.92. The number of nitrogens with zero attached hydrogens (tertiary/aromatic N) is 1. The Bertz CT molecular complexity index is 731. The van der Waals surface area contributed by atoms with Crippen molar-refractivity contribution in [3.05, 3.63) is 34.8 Å². The maximum Gasteiger partial charge on any atom is 0.252 e. The van der Waals surface area contributed by atoms with Gasteiger partial charge in [0, 0.05) is 27.9 Å². The molecule has 4 rings (SSSR count). The van der Waals surface area contributed by atoms with Crippen LogP contribution in [0.1, 0.15) is 47.3 Å². The second-order valence-electron chi connectivity index (χ2n) is 6.35. The molecule has 0 unspecified atom stereocenters. The molecule has 0 saturated heterocycles. The number of hydrogen-bond acceptors (Lipinski definition) is 4. The van der Waals surface area contributed by atoms with E-state index in [0.717, 1.165) is 22.5 Å². The van der Waals surface area contributed by atoms with Crippen molar-refractivity contribution in [2.45, 2.75) is 37.5 Å². The van der Waals surface area contributed by atoms with Gasteiger partial charge in [-0.3, -0.25) is 4.79 Å². The van der Waals surface area contributed by atoms with Gasteiger partial charge in [-0.15, -0.1) is 11.3 Å². The summed E-state index contributed by atoms with van der Waals surface area (Å²) in [6.07, 6.45) is 7.90. The molecule has 0 radical (unpaired) electrons. The summed E-state index contributed by atoms with van der Waals surface area (Å²) in [5.74, 6) is 0.580. The van der Waals surface area contributed by atoms with E-state index >= 15 is 0 Å². The summed E-state index contributed by atoms with van der Waals surface area (Å²) in [5, 5.41) is 3.11. The van der Waals surface area contributed by atoms with Crippen LogP contribution in [0.25, 0.3) is 10.4 Å². The van der Waals surface area contributed by atoms with Crippen LogP contribution in [-0.2, 0) is 5.41 Å². The van der Waals surface area contributed by atoms with Gasteiger partial charge in [-0.25, -0.2) is 4.98 Å². The van der Waals surface area contributed by atoms with Crippen LogP contribution in [0.4, 0.5) is 5.82 Å². The van der Waals surface area contributed by atoms with Gasteiger partial charge in [0.15, 0.2) is 0 Å². The molecule has 3 N–H and O–H groups in total. The number of thiophene rings is 1. The van der Waals surface area contributed by atoms with E-state index in [1.807, 2.05) is 18.2 Å². The van der Waals surface area contributed by atoms with E-state index in [1.165, 1.54) is 37.0 Å². The summed E-state index contributed by atoms with van der Waals surface area (Å²) in [6, 6.07) is 5.86. The number of fused-ring (bicyclic) bond motifs is 2. The Morgan fingerprint density at radius 1 is 1.23 bits per heavy atom. The van der Waals surface area contributed by atoms with Gasteiger partial charge in [-0.1, -0.05) is 19.3 Å². The van der Waals surface area contributed by atoms with Crippen LogP contribution >= 0.6 is 11.3 Å². The maximum absolute atomic E-state index is 12.3. The lowest BCUT2D eigenvalue weighted by Crippen LogP contribution is -2.46. The van der Waals surface area contributed by atoms with Crippen LogP contribution in [-0.4, -0.2) is 17.4 Å². The number of nitrogen functional groups attached to an aromatic ring is 1. The number of anilines is 1. The van der Waals surface area contributed by atoms with E-state index in [4.69, 9.17) is 5.73 Å². The van der Waals surface area contributed by atoms with E-state index in [2.05, 4.69) is 10.3 Å². The first-order valence-electron chi connectivity index (χ1n) is 7.82. The van der Waals surface area contributed by atoms with Crippen molar-refractivity contribution < 1.29 is 4.79 Å². The average Bonchev–Trinajstić information content (AvgIpc) is 2.99. The van der Waals surface area contributed by atoms with Crippen LogP contribution < -0.4 is 11.1 Å². The molecule has 2 aliphatic rings. The Morgan fingerprint density at radius 3 is 2.82 bits per heavy atom. The number of rotatable bonds is 1. The Labute approximate surface area is 133 Å². The van der Waals surface area contributed by atoms with Crippen molar-refractivity contribution >= 4 is 23.1 Å². The highest BCUT2D eigenvalue weighted by atomic mass is 32.1. The van der Waals surface area contributed by atoms with E-state index in [-0.39, 0.29) is 11.3 Å². The normalized spacial score (nSPS) is 19.7. The van der Waals surface area contributed by atoms with E-state index in [9.17, 15) is 4.79 Å². The van der Waals surface area contributed by atoms with Gasteiger partial charge in [-0.05, 0) is 36.6 Å². The SMILES string of the molecule is Nc1cc(-c2cc3c(s2)C2(CCCCC2)CNC3=O)ccn1. The molecule has 1 fully saturated rings. The molecular formula is C17H19N3OS. The summed E-state index contributed by atoms with van der Waals surface area (Å²) >= 11 is 1.76. The molecule has 0 bridgehead atoms. The first-order chi connectivity index (χ1) is 10.7. The third kappa shape index (κ3) is 2.11. The number of hydrogen-bond donors (Lipinski definition) is 2. The van der Waals surface area contributed by atoms with Crippen LogP contribution in [0, 0.1) is 0 Å². The first-order valence-corrected chi connectivity index (χ1v) is 8.64. The third-order valence-corrected chi connectivity index (χ3v) is 6.35. The fourth-order valence-electron chi connectivity index (χ4n) is 3.75. The quantitative estimate of drug-likeness (QED) is 0.848. The summed E-state index contributed by atoms with van der Waals surface area (Å²) in [7, 11) is 0. The molecule has 114 valence electrons. The second-order valence-corrected chi connectivity index (χ2v) is 7.40. The minimum Gasteiger partial charge on any atom is -0.384 e. The highest BCUT2D eigenvalue weighted by Gasteiger charge is 2.42. The molecule has 1 saturated carbocycles. The molecule has 1 aliphatic heterocycles. The Kier molecular flexibility index (Phi) is 3.18. The van der Waals surface area contributed by atoms with Gasteiger partial charge in [0.05, 0.1) is 5.56 Å². The Morgan fingerprint density at radius 2 is 2.05 bits per heavy atom. The van der Waals surface area contributed by atoms with E-state index in [1.54, 1.807) is 17.5 Å². The van der Waals surface area contributed by atoms with Crippen molar-refractivity contribution in [1.82, 2.24) is 10.3 Å². The molecular weight excluding hydrogens is 294 g/mol. The van der Waals surface area contributed by atoms with Crippen molar-refractivity contribution in [1.29, 1.82) is 0 Å². The number of amides is 1. The molecule has 2 aromatic rings. The molecule has 0 atom stereocenters. The topological polar surface area (TPSA) is 68.0 Å². The minimum atomic E-state index is 0.0655. The van der Waals surface area contributed by atoms with Crippen molar-refractivity contribution in [3.8, 4) is 10.4 Å². The molecule has 2 aromatic heterocycles. The van der Waals surface area contributed by atoms with E-state index < -0.39 is 0 Å². The number of carbonyl (C=O) groups excluding carboxylic acids is 1. The zero-order chi connectivity index (χ0) is 15.2. The summed E-state index contributed by atoms with van der Waals surface area (Å²) < 4.78 is 0. The van der Waals surface area contributed by atoms with Crippen LogP contribution in [0.5, 0.6) is 0 Å². The lowest BCUT2D eigenvalue weighted by molar-refractivity contribution is 0.0915. The zero-order valence-corrected chi connectivity index (χ0v) is 13.2. The predicted molar refractivity (Wildman–Crippen MR) is 89.1 cm³/mol. The lowest BCUT2D eigenvalue weighted by atomic mass is 9.70. The van der Waals surface area contributed by atoms with Gasteiger partial charge in [0.1, 0.15) is 5.82 Å². The highest BCUT2D eigenvalue weighted by Crippen LogP contribution is 2.47. The lowest BCUT2D eigenvalue weighted by Gasteiger charge is -2.40. The maximum atomic E-state index is 12.3. The molecule has 4 nitrogen and oxygen atoms in total. The number of pyridine rings is 1. The standard InChI is InChI=1S/C17H19N3OS/c18-14-8-11(4-7-19-14)13-9-12-15(22-13)17(10-20-16(12)21)5-2-1-3-6-17/h4,7-9H,1-3,5-6,10H2,(H2,18,19)(H,20,21). The number of aromatic nitrogens is 1. The zero-order valence-electron chi connectivity index (χ0n) is 12.4. The molecule has 3 heterocycles. The Balaban J connectivity index is 1.82. The van der Waals surface area contributed by atoms with Crippen molar-refractivity contribution in [3.63, 3.8) is 0 Å². The fourth-order valence-corrected chi connectivity index (χ4v) is 5.15. The van der Waals surface area contributed by atoms with Gasteiger partial charge < -0.3 is 11.1 Å². The van der Waals surface area contributed by atoms with Crippen LogP contribution in [0.3, 0.4) is 0 Å². The average molecular weight is 313 g/mol. The van der Waals surface area contributed by atoms with Crippen LogP contribution in [0.15, 0.2) is 24.4 Å². The molecule has 1 aliphatic carbocycles. The van der Waals surface area contributed by atoms with Gasteiger partial charge in [-0.2, -0.15) is 0 Å². The van der Waals surface area contributed by atoms with E-state index in [0.29, 0.717) is 5.82 Å². The Hall–Kier alpha value is -1.88. The fraction of sp³-hybridized carbons (Fsp3) is 0.412. The molecule has 1 amide bonds. The van der Waals surface area contributed by atoms with Crippen LogP contribution in [0.2, 0.25) is 0 Å². The second kappa shape index (κ2) is 5.09. The summed E-state index contributed by atoms with van der Waals surface area (Å²) in [5.41, 5.74) is 7.86.